The first-order valence-corrected chi connectivity index (χ1v) is 11.0. The number of hydrogen-bond acceptors (Lipinski definition) is 3. The van der Waals surface area contributed by atoms with Crippen molar-refractivity contribution in [2.24, 2.45) is 0 Å². The SMILES string of the molecule is CN(C)c1ccc([C@H](CNC(=O)C(=O)NC2CCCC2)[NH+]2CC[NH+](C)CC2)cc1. The molecule has 1 heterocycles. The van der Waals surface area contributed by atoms with E-state index in [9.17, 15) is 9.59 Å². The Morgan fingerprint density at radius 2 is 1.66 bits per heavy atom. The van der Waals surface area contributed by atoms with Crippen molar-refractivity contribution in [3.8, 4) is 0 Å². The number of piperazine rings is 1. The maximum atomic E-state index is 12.4. The second kappa shape index (κ2) is 10.1. The lowest BCUT2D eigenvalue weighted by atomic mass is 10.0. The van der Waals surface area contributed by atoms with Gasteiger partial charge in [-0.05, 0) is 25.0 Å². The molecule has 2 aliphatic rings. The normalized spacial score (nSPS) is 23.4. The van der Waals surface area contributed by atoms with E-state index in [-0.39, 0.29) is 12.1 Å². The maximum absolute atomic E-state index is 12.4. The third-order valence-electron chi connectivity index (χ3n) is 6.41. The largest absolute Gasteiger partial charge is 0.378 e. The molecule has 0 bridgehead atoms. The molecule has 29 heavy (non-hydrogen) atoms. The molecule has 2 amide bonds. The van der Waals surface area contributed by atoms with Gasteiger partial charge in [-0.15, -0.1) is 0 Å². The molecule has 7 nitrogen and oxygen atoms in total. The summed E-state index contributed by atoms with van der Waals surface area (Å²) in [5, 5.41) is 5.79. The van der Waals surface area contributed by atoms with E-state index in [0.717, 1.165) is 57.5 Å². The average Bonchev–Trinajstić information content (AvgIpc) is 3.22. The standard InChI is InChI=1S/C22H35N5O2/c1-25(2)19-10-8-17(9-11-19)20(27-14-12-26(3)13-15-27)16-23-21(28)22(29)24-18-6-4-5-7-18/h8-11,18,20H,4-7,12-16H2,1-3H3,(H,23,28)(H,24,29)/p+2/t20-/m0/s1. The van der Waals surface area contributed by atoms with Crippen molar-refractivity contribution in [1.29, 1.82) is 0 Å². The van der Waals surface area contributed by atoms with Crippen molar-refractivity contribution < 1.29 is 19.4 Å². The topological polar surface area (TPSA) is 70.3 Å². The van der Waals surface area contributed by atoms with E-state index in [1.165, 1.54) is 10.5 Å². The molecule has 2 fully saturated rings. The molecule has 0 radical (unpaired) electrons. The third kappa shape index (κ3) is 5.93. The van der Waals surface area contributed by atoms with Crippen molar-refractivity contribution in [1.82, 2.24) is 10.6 Å². The van der Waals surface area contributed by atoms with Crippen LogP contribution in [0, 0.1) is 0 Å². The van der Waals surface area contributed by atoms with Crippen LogP contribution in [-0.2, 0) is 9.59 Å². The lowest BCUT2D eigenvalue weighted by molar-refractivity contribution is -1.02. The molecule has 1 saturated heterocycles. The van der Waals surface area contributed by atoms with E-state index in [1.54, 1.807) is 4.90 Å². The van der Waals surface area contributed by atoms with Crippen LogP contribution in [0.4, 0.5) is 5.69 Å². The number of likely N-dealkylation sites (N-methyl/N-ethyl adjacent to an activating group) is 1. The zero-order chi connectivity index (χ0) is 20.8. The molecule has 160 valence electrons. The molecule has 1 atom stereocenters. The van der Waals surface area contributed by atoms with E-state index in [1.807, 2.05) is 14.1 Å². The highest BCUT2D eigenvalue weighted by Gasteiger charge is 2.30. The monoisotopic (exact) mass is 403 g/mol. The van der Waals surface area contributed by atoms with E-state index >= 15 is 0 Å². The van der Waals surface area contributed by atoms with Crippen LogP contribution in [-0.4, -0.2) is 71.7 Å². The van der Waals surface area contributed by atoms with Gasteiger partial charge in [-0.25, -0.2) is 0 Å². The number of carbonyl (C=O) groups excluding carboxylic acids is 2. The lowest BCUT2D eigenvalue weighted by Crippen LogP contribution is -3.27. The molecule has 4 N–H and O–H groups in total. The Kier molecular flexibility index (Phi) is 7.50. The second-order valence-corrected chi connectivity index (χ2v) is 8.82. The molecule has 0 aromatic heterocycles. The molecule has 3 rings (SSSR count). The van der Waals surface area contributed by atoms with Crippen molar-refractivity contribution in [3.05, 3.63) is 29.8 Å². The average molecular weight is 404 g/mol. The van der Waals surface area contributed by atoms with Crippen LogP contribution >= 0.6 is 0 Å². The highest BCUT2D eigenvalue weighted by Crippen LogP contribution is 2.18. The zero-order valence-electron chi connectivity index (χ0n) is 18.1. The van der Waals surface area contributed by atoms with Crippen LogP contribution in [0.5, 0.6) is 0 Å². The fraction of sp³-hybridized carbons (Fsp3) is 0.636. The number of rotatable bonds is 6. The van der Waals surface area contributed by atoms with Gasteiger partial charge in [0.15, 0.2) is 0 Å². The Morgan fingerprint density at radius 1 is 1.03 bits per heavy atom. The Labute approximate surface area is 174 Å². The molecule has 7 heteroatoms. The van der Waals surface area contributed by atoms with E-state index in [2.05, 4.69) is 46.8 Å². The summed E-state index contributed by atoms with van der Waals surface area (Å²) in [4.78, 5) is 29.8. The van der Waals surface area contributed by atoms with Gasteiger partial charge in [0.2, 0.25) is 0 Å². The molecule has 1 aliphatic carbocycles. The van der Waals surface area contributed by atoms with Gasteiger partial charge in [0.05, 0.1) is 13.6 Å². The van der Waals surface area contributed by atoms with E-state index in [4.69, 9.17) is 0 Å². The molecule has 0 unspecified atom stereocenters. The predicted octanol–water partition coefficient (Wildman–Crippen LogP) is -1.62. The molecular weight excluding hydrogens is 366 g/mol. The minimum atomic E-state index is -0.508. The summed E-state index contributed by atoms with van der Waals surface area (Å²) in [6, 6.07) is 8.87. The quantitative estimate of drug-likeness (QED) is 0.432. The molecule has 1 aromatic carbocycles. The third-order valence-corrected chi connectivity index (χ3v) is 6.41. The number of amides is 2. The number of carbonyl (C=O) groups is 2. The number of quaternary nitrogens is 2. The molecule has 1 aromatic rings. The molecule has 1 saturated carbocycles. The molecule has 1 aliphatic heterocycles. The maximum Gasteiger partial charge on any atom is 0.309 e. The summed E-state index contributed by atoms with van der Waals surface area (Å²) < 4.78 is 0. The van der Waals surface area contributed by atoms with Crippen LogP contribution in [0.25, 0.3) is 0 Å². The van der Waals surface area contributed by atoms with Gasteiger partial charge in [-0.2, -0.15) is 0 Å². The van der Waals surface area contributed by atoms with Crippen molar-refractivity contribution in [3.63, 3.8) is 0 Å². The van der Waals surface area contributed by atoms with Gasteiger partial charge in [-0.1, -0.05) is 25.0 Å². The number of nitrogens with one attached hydrogen (secondary N) is 4. The van der Waals surface area contributed by atoms with Crippen LogP contribution in [0.15, 0.2) is 24.3 Å². The Hall–Kier alpha value is -2.12. The van der Waals surface area contributed by atoms with Gasteiger partial charge in [0.1, 0.15) is 32.2 Å². The minimum Gasteiger partial charge on any atom is -0.378 e. The fourth-order valence-electron chi connectivity index (χ4n) is 4.45. The predicted molar refractivity (Wildman–Crippen MR) is 114 cm³/mol. The summed E-state index contributed by atoms with van der Waals surface area (Å²) in [5.41, 5.74) is 2.37. The number of anilines is 1. The van der Waals surface area contributed by atoms with Gasteiger partial charge in [-0.3, -0.25) is 9.59 Å². The number of benzene rings is 1. The smallest absolute Gasteiger partial charge is 0.309 e. The highest BCUT2D eigenvalue weighted by atomic mass is 16.2. The van der Waals surface area contributed by atoms with Crippen molar-refractivity contribution in [2.45, 2.75) is 37.8 Å². The van der Waals surface area contributed by atoms with Crippen LogP contribution < -0.4 is 25.3 Å². The fourth-order valence-corrected chi connectivity index (χ4v) is 4.45. The van der Waals surface area contributed by atoms with Gasteiger partial charge in [0, 0.05) is 31.4 Å². The first-order chi connectivity index (χ1) is 13.9. The summed E-state index contributed by atoms with van der Waals surface area (Å²) in [6.07, 6.45) is 4.22. The summed E-state index contributed by atoms with van der Waals surface area (Å²) in [6.45, 7) is 4.86. The summed E-state index contributed by atoms with van der Waals surface area (Å²) >= 11 is 0. The highest BCUT2D eigenvalue weighted by molar-refractivity contribution is 6.35. The zero-order valence-corrected chi connectivity index (χ0v) is 18.1. The van der Waals surface area contributed by atoms with Gasteiger partial charge in [0.25, 0.3) is 0 Å². The van der Waals surface area contributed by atoms with Gasteiger partial charge >= 0.3 is 11.8 Å². The lowest BCUT2D eigenvalue weighted by Gasteiger charge is -2.33. The Morgan fingerprint density at radius 3 is 2.24 bits per heavy atom. The second-order valence-electron chi connectivity index (χ2n) is 8.82. The summed E-state index contributed by atoms with van der Waals surface area (Å²) in [5.74, 6) is -0.998. The molecular formula is C22H37N5O2+2. The Bertz CT molecular complexity index is 677. The van der Waals surface area contributed by atoms with E-state index < -0.39 is 11.8 Å². The number of nitrogens with zero attached hydrogens (tertiary/aromatic N) is 1. The summed E-state index contributed by atoms with van der Waals surface area (Å²) in [7, 11) is 6.29. The first kappa shape index (κ1) is 21.6. The number of hydrogen-bond donors (Lipinski definition) is 4. The van der Waals surface area contributed by atoms with Gasteiger partial charge < -0.3 is 25.3 Å². The first-order valence-electron chi connectivity index (χ1n) is 11.0. The molecule has 0 spiro atoms. The van der Waals surface area contributed by atoms with Crippen LogP contribution in [0.2, 0.25) is 0 Å². The van der Waals surface area contributed by atoms with Crippen molar-refractivity contribution in [2.75, 3.05) is 58.8 Å². The van der Waals surface area contributed by atoms with Crippen LogP contribution in [0.3, 0.4) is 0 Å². The van der Waals surface area contributed by atoms with Crippen LogP contribution in [0.1, 0.15) is 37.3 Å². The Balaban J connectivity index is 1.64. The van der Waals surface area contributed by atoms with E-state index in [0.29, 0.717) is 6.54 Å². The van der Waals surface area contributed by atoms with Crippen molar-refractivity contribution >= 4 is 17.5 Å². The minimum absolute atomic E-state index is 0.155.